The molecule has 0 bridgehead atoms. The lowest BCUT2D eigenvalue weighted by Gasteiger charge is -2.39. The van der Waals surface area contributed by atoms with Gasteiger partial charge in [0, 0.05) is 22.9 Å². The Hall–Kier alpha value is -3.02. The lowest BCUT2D eigenvalue weighted by atomic mass is 9.75. The summed E-state index contributed by atoms with van der Waals surface area (Å²) in [5.41, 5.74) is 3.81. The Labute approximate surface area is 207 Å². The second-order valence-electron chi connectivity index (χ2n) is 9.03. The molecule has 0 radical (unpaired) electrons. The Morgan fingerprint density at radius 2 is 1.65 bits per heavy atom. The maximum absolute atomic E-state index is 11.6. The molecule has 0 amide bonds. The van der Waals surface area contributed by atoms with E-state index in [1.54, 1.807) is 23.9 Å². The molecule has 1 fully saturated rings. The molecule has 34 heavy (non-hydrogen) atoms. The van der Waals surface area contributed by atoms with Crippen molar-refractivity contribution in [2.45, 2.75) is 33.9 Å². The summed E-state index contributed by atoms with van der Waals surface area (Å²) >= 11 is 8.85. The quantitative estimate of drug-likeness (QED) is 0.182. The van der Waals surface area contributed by atoms with Crippen molar-refractivity contribution in [2.24, 2.45) is 5.92 Å². The van der Waals surface area contributed by atoms with Gasteiger partial charge in [0.05, 0.1) is 21.2 Å². The van der Waals surface area contributed by atoms with Gasteiger partial charge in [-0.2, -0.15) is 0 Å². The Morgan fingerprint density at radius 1 is 0.912 bits per heavy atom. The van der Waals surface area contributed by atoms with Gasteiger partial charge in [-0.05, 0) is 46.4 Å². The van der Waals surface area contributed by atoms with Gasteiger partial charge < -0.3 is 5.32 Å². The molecule has 1 heterocycles. The number of hydrogen-bond acceptors (Lipinski definition) is 4. The van der Waals surface area contributed by atoms with Crippen molar-refractivity contribution in [3.8, 4) is 0 Å². The van der Waals surface area contributed by atoms with E-state index < -0.39 is 0 Å². The van der Waals surface area contributed by atoms with Gasteiger partial charge >= 0.3 is 0 Å². The van der Waals surface area contributed by atoms with Crippen molar-refractivity contribution >= 4 is 45.5 Å². The maximum Gasteiger partial charge on any atom is 0.282 e. The molecule has 2 aliphatic rings. The molecule has 6 heteroatoms. The Kier molecular flexibility index (Phi) is 5.47. The number of nitrogens with one attached hydrogen (secondary N) is 1. The topological polar surface area (TPSA) is 55.2 Å². The van der Waals surface area contributed by atoms with Crippen LogP contribution >= 0.6 is 23.4 Å². The van der Waals surface area contributed by atoms with Gasteiger partial charge in [0.15, 0.2) is 0 Å². The Bertz CT molecular complexity index is 1380. The molecule has 0 spiro atoms. The molecule has 4 nitrogen and oxygen atoms in total. The first-order valence-corrected chi connectivity index (χ1v) is 12.8. The average Bonchev–Trinajstić information content (AvgIpc) is 3.19. The summed E-state index contributed by atoms with van der Waals surface area (Å²) in [4.78, 5) is 12.0. The summed E-state index contributed by atoms with van der Waals surface area (Å²) in [7, 11) is 0. The summed E-state index contributed by atoms with van der Waals surface area (Å²) in [6.45, 7) is 0. The highest BCUT2D eigenvalue weighted by molar-refractivity contribution is 8.00. The Morgan fingerprint density at radius 3 is 2.47 bits per heavy atom. The van der Waals surface area contributed by atoms with Crippen LogP contribution in [0, 0.1) is 16.0 Å². The minimum atomic E-state index is -0.301. The minimum Gasteiger partial charge on any atom is -0.378 e. The number of halogens is 1. The fourth-order valence-electron chi connectivity index (χ4n) is 5.76. The number of hydrogen-bond donors (Lipinski definition) is 1. The molecule has 0 unspecified atom stereocenters. The summed E-state index contributed by atoms with van der Waals surface area (Å²) < 4.78 is 0. The fraction of sp³-hybridized carbons (Fsp3) is 0.214. The third-order valence-corrected chi connectivity index (χ3v) is 9.32. The largest absolute Gasteiger partial charge is 0.378 e. The van der Waals surface area contributed by atoms with Crippen LogP contribution in [0.25, 0.3) is 10.8 Å². The van der Waals surface area contributed by atoms with Crippen molar-refractivity contribution in [2.75, 3.05) is 5.32 Å². The van der Waals surface area contributed by atoms with Gasteiger partial charge in [-0.3, -0.25) is 10.1 Å². The van der Waals surface area contributed by atoms with E-state index in [2.05, 4.69) is 66.0 Å². The highest BCUT2D eigenvalue weighted by Crippen LogP contribution is 2.59. The van der Waals surface area contributed by atoms with Crippen LogP contribution in [0.1, 0.15) is 29.5 Å². The van der Waals surface area contributed by atoms with Gasteiger partial charge in [-0.25, -0.2) is 0 Å². The van der Waals surface area contributed by atoms with Crippen LogP contribution in [-0.2, 0) is 0 Å². The number of thioether (sulfide) groups is 1. The van der Waals surface area contributed by atoms with Crippen LogP contribution in [0.15, 0.2) is 95.9 Å². The molecule has 4 aromatic carbocycles. The van der Waals surface area contributed by atoms with Gasteiger partial charge in [-0.15, -0.1) is 23.4 Å². The van der Waals surface area contributed by atoms with Crippen LogP contribution in [-0.4, -0.2) is 15.6 Å². The van der Waals surface area contributed by atoms with Gasteiger partial charge in [0.25, 0.3) is 5.69 Å². The van der Waals surface area contributed by atoms with E-state index in [4.69, 9.17) is 11.6 Å². The molecular weight excluding hydrogens is 464 g/mol. The predicted octanol–water partition coefficient (Wildman–Crippen LogP) is 7.79. The van der Waals surface area contributed by atoms with Crippen molar-refractivity contribution in [3.63, 3.8) is 0 Å². The first-order chi connectivity index (χ1) is 16.6. The first kappa shape index (κ1) is 21.5. The normalized spacial score (nSPS) is 25.4. The summed E-state index contributed by atoms with van der Waals surface area (Å²) in [6, 6.07) is 30.5. The van der Waals surface area contributed by atoms with E-state index >= 15 is 0 Å². The first-order valence-electron chi connectivity index (χ1n) is 11.5. The molecule has 4 aromatic rings. The second-order valence-corrected chi connectivity index (χ2v) is 10.8. The number of rotatable bonds is 4. The zero-order valence-electron chi connectivity index (χ0n) is 18.3. The van der Waals surface area contributed by atoms with Crippen molar-refractivity contribution < 1.29 is 4.92 Å². The molecule has 5 atom stereocenters. The molecule has 1 N–H and O–H groups in total. The van der Waals surface area contributed by atoms with Crippen LogP contribution in [0.5, 0.6) is 0 Å². The molecule has 6 rings (SSSR count). The summed E-state index contributed by atoms with van der Waals surface area (Å²) in [5.74, 6) is 0.429. The van der Waals surface area contributed by atoms with Gasteiger partial charge in [0.2, 0.25) is 0 Å². The molecule has 170 valence electrons. The lowest BCUT2D eigenvalue weighted by Crippen LogP contribution is -2.31. The van der Waals surface area contributed by atoms with E-state index in [1.165, 1.54) is 21.9 Å². The molecule has 1 saturated carbocycles. The van der Waals surface area contributed by atoms with Gasteiger partial charge in [-0.1, -0.05) is 72.8 Å². The number of para-hydroxylation sites is 1. The molecule has 1 aliphatic carbocycles. The molecule has 0 aromatic heterocycles. The number of nitro groups is 1. The monoisotopic (exact) mass is 486 g/mol. The van der Waals surface area contributed by atoms with Crippen molar-refractivity contribution in [1.82, 2.24) is 0 Å². The Balaban J connectivity index is 1.46. The van der Waals surface area contributed by atoms with Crippen LogP contribution in [0.3, 0.4) is 0 Å². The lowest BCUT2D eigenvalue weighted by molar-refractivity contribution is -0.387. The van der Waals surface area contributed by atoms with E-state index in [0.29, 0.717) is 4.90 Å². The molecule has 1 aliphatic heterocycles. The van der Waals surface area contributed by atoms with E-state index in [9.17, 15) is 10.1 Å². The third kappa shape index (κ3) is 3.55. The van der Waals surface area contributed by atoms with Gasteiger partial charge in [0.1, 0.15) is 0 Å². The van der Waals surface area contributed by atoms with Crippen LogP contribution in [0.2, 0.25) is 0 Å². The maximum atomic E-state index is 11.6. The number of nitro benzene ring substituents is 1. The zero-order chi connectivity index (χ0) is 23.2. The summed E-state index contributed by atoms with van der Waals surface area (Å²) in [5, 5.41) is 17.8. The van der Waals surface area contributed by atoms with Crippen LogP contribution < -0.4 is 5.32 Å². The number of fused-ring (bicyclic) bond motifs is 5. The highest BCUT2D eigenvalue weighted by Gasteiger charge is 2.50. The number of alkyl halides is 1. The molecular formula is C28H23ClN2O2S. The molecule has 0 saturated heterocycles. The van der Waals surface area contributed by atoms with E-state index in [1.807, 2.05) is 18.2 Å². The zero-order valence-corrected chi connectivity index (χ0v) is 19.9. The predicted molar refractivity (Wildman–Crippen MR) is 140 cm³/mol. The minimum absolute atomic E-state index is 0.0655. The second kappa shape index (κ2) is 8.64. The number of nitrogens with zero attached hydrogens (tertiary/aromatic N) is 1. The smallest absolute Gasteiger partial charge is 0.282 e. The summed E-state index contributed by atoms with van der Waals surface area (Å²) in [6.07, 6.45) is 0.880. The number of benzene rings is 4. The number of anilines is 1. The third-order valence-electron chi connectivity index (χ3n) is 7.21. The average molecular weight is 487 g/mol. The van der Waals surface area contributed by atoms with E-state index in [-0.39, 0.29) is 39.1 Å². The van der Waals surface area contributed by atoms with Crippen LogP contribution in [0.4, 0.5) is 11.4 Å². The standard InChI is InChI=1S/C28H23ClN2O2S/c29-27-24(34-23-13-7-6-12-22(23)31(32)33)16-20-26(27)25-19-11-5-4-8-17(19)14-15-21(25)30-28(20)18-9-2-1-3-10-18/h1-15,20,24,26-28,30H,16H2/t20-,24+,26+,27+,28-/m1/s1. The van der Waals surface area contributed by atoms with Crippen molar-refractivity contribution in [1.29, 1.82) is 0 Å². The fourth-order valence-corrected chi connectivity index (χ4v) is 7.69. The van der Waals surface area contributed by atoms with E-state index in [0.717, 1.165) is 12.1 Å². The SMILES string of the molecule is O=[N+]([O-])c1ccccc1S[C@H]1C[C@@H]2[C@@H](c3c(ccc4ccccc34)N[C@@H]2c2ccccc2)[C@H]1Cl. The van der Waals surface area contributed by atoms with Crippen molar-refractivity contribution in [3.05, 3.63) is 112 Å². The highest BCUT2D eigenvalue weighted by atomic mass is 35.5.